The molecule has 0 saturated carbocycles. The van der Waals surface area contributed by atoms with E-state index in [0.29, 0.717) is 37.2 Å². The van der Waals surface area contributed by atoms with E-state index in [0.717, 1.165) is 31.1 Å². The summed E-state index contributed by atoms with van der Waals surface area (Å²) in [5.74, 6) is -1.02. The Morgan fingerprint density at radius 3 is 2.61 bits per heavy atom. The molecule has 1 aromatic carbocycles. The van der Waals surface area contributed by atoms with E-state index in [9.17, 15) is 22.8 Å². The van der Waals surface area contributed by atoms with Crippen LogP contribution in [0.5, 0.6) is 0 Å². The monoisotopic (exact) mass is 408 g/mol. The van der Waals surface area contributed by atoms with Gasteiger partial charge in [-0.1, -0.05) is 6.42 Å². The minimum absolute atomic E-state index is 0.0481. The summed E-state index contributed by atoms with van der Waals surface area (Å²) < 4.78 is 24.9. The van der Waals surface area contributed by atoms with E-state index >= 15 is 0 Å². The van der Waals surface area contributed by atoms with E-state index in [1.165, 1.54) is 15.3 Å². The van der Waals surface area contributed by atoms with Crippen molar-refractivity contribution in [3.05, 3.63) is 29.3 Å². The molecule has 2 heterocycles. The second-order valence-corrected chi connectivity index (χ2v) is 8.96. The molecule has 1 saturated heterocycles. The van der Waals surface area contributed by atoms with E-state index in [4.69, 9.17) is 0 Å². The molecule has 0 bridgehead atoms. The van der Waals surface area contributed by atoms with Gasteiger partial charge in [0.15, 0.2) is 0 Å². The van der Waals surface area contributed by atoms with Crippen molar-refractivity contribution in [1.29, 1.82) is 0 Å². The van der Waals surface area contributed by atoms with Gasteiger partial charge >= 0.3 is 0 Å². The summed E-state index contributed by atoms with van der Waals surface area (Å²) in [6, 6.07) is 4.73. The van der Waals surface area contributed by atoms with E-state index < -0.39 is 21.8 Å². The molecule has 2 N–H and O–H groups in total. The van der Waals surface area contributed by atoms with Gasteiger partial charge in [-0.3, -0.25) is 29.5 Å². The van der Waals surface area contributed by atoms with Crippen molar-refractivity contribution in [2.75, 3.05) is 30.2 Å². The number of carbonyl (C=O) groups excluding carboxylic acids is 3. The quantitative estimate of drug-likeness (QED) is 0.689. The maximum atomic E-state index is 12.3. The van der Waals surface area contributed by atoms with Crippen LogP contribution in [0.4, 0.5) is 5.69 Å². The van der Waals surface area contributed by atoms with Crippen LogP contribution >= 0.6 is 0 Å². The Kier molecular flexibility index (Phi) is 5.87. The molecule has 0 spiro atoms. The van der Waals surface area contributed by atoms with Crippen molar-refractivity contribution < 1.29 is 22.8 Å². The Balaban J connectivity index is 1.57. The first-order valence-corrected chi connectivity index (χ1v) is 11.1. The summed E-state index contributed by atoms with van der Waals surface area (Å²) in [6.07, 6.45) is 4.78. The fraction of sp³-hybridized carbons (Fsp3) is 0.500. The molecule has 0 unspecified atom stereocenters. The number of anilines is 1. The van der Waals surface area contributed by atoms with Crippen molar-refractivity contribution in [2.45, 2.75) is 32.1 Å². The van der Waals surface area contributed by atoms with Gasteiger partial charge in [-0.15, -0.1) is 0 Å². The van der Waals surface area contributed by atoms with Crippen LogP contribution in [-0.4, -0.2) is 56.9 Å². The number of likely N-dealkylation sites (tertiary alicyclic amines) is 1. The zero-order valence-electron chi connectivity index (χ0n) is 15.7. The molecular formula is C18H24N4O5S. The first kappa shape index (κ1) is 20.1. The lowest BCUT2D eigenvalue weighted by atomic mass is 10.1. The lowest BCUT2D eigenvalue weighted by Crippen LogP contribution is -2.47. The molecule has 0 atom stereocenters. The third-order valence-electron chi connectivity index (χ3n) is 4.92. The minimum atomic E-state index is -3.35. The fourth-order valence-corrected chi connectivity index (χ4v) is 4.43. The maximum absolute atomic E-state index is 12.3. The normalized spacial score (nSPS) is 17.1. The van der Waals surface area contributed by atoms with Gasteiger partial charge in [0.05, 0.1) is 11.9 Å². The predicted molar refractivity (Wildman–Crippen MR) is 103 cm³/mol. The number of hydrazine groups is 1. The topological polar surface area (TPSA) is 116 Å². The molecule has 2 aliphatic rings. The average Bonchev–Trinajstić information content (AvgIpc) is 2.98. The molecule has 3 rings (SSSR count). The van der Waals surface area contributed by atoms with Crippen molar-refractivity contribution in [1.82, 2.24) is 15.8 Å². The second-order valence-electron chi connectivity index (χ2n) is 7.06. The highest BCUT2D eigenvalue weighted by atomic mass is 32.2. The molecule has 0 aliphatic carbocycles. The molecule has 0 aromatic heterocycles. The molecule has 1 aromatic rings. The lowest BCUT2D eigenvalue weighted by molar-refractivity contribution is -0.135. The number of fused-ring (bicyclic) bond motifs is 1. The molecular weight excluding hydrogens is 384 g/mol. The smallest absolute Gasteiger partial charge is 0.269 e. The number of sulfonamides is 1. The van der Waals surface area contributed by atoms with Gasteiger partial charge < -0.3 is 4.90 Å². The van der Waals surface area contributed by atoms with Crippen LogP contribution < -0.4 is 15.2 Å². The van der Waals surface area contributed by atoms with Crippen LogP contribution in [0.2, 0.25) is 0 Å². The number of amides is 3. The van der Waals surface area contributed by atoms with Crippen LogP contribution in [0.15, 0.2) is 18.2 Å². The molecule has 10 heteroatoms. The lowest BCUT2D eigenvalue weighted by Gasteiger charge is -2.20. The zero-order chi connectivity index (χ0) is 20.3. The maximum Gasteiger partial charge on any atom is 0.269 e. The van der Waals surface area contributed by atoms with Gasteiger partial charge in [-0.25, -0.2) is 8.42 Å². The number of rotatable bonds is 4. The van der Waals surface area contributed by atoms with E-state index in [1.807, 2.05) is 0 Å². The molecule has 2 aliphatic heterocycles. The highest BCUT2D eigenvalue weighted by Crippen LogP contribution is 2.30. The Hall–Kier alpha value is -2.62. The fourth-order valence-electron chi connectivity index (χ4n) is 3.47. The van der Waals surface area contributed by atoms with Crippen LogP contribution in [0.3, 0.4) is 0 Å². The Labute approximate surface area is 164 Å². The molecule has 152 valence electrons. The van der Waals surface area contributed by atoms with Gasteiger partial charge in [-0.2, -0.15) is 0 Å². The number of nitrogens with one attached hydrogen (secondary N) is 2. The van der Waals surface area contributed by atoms with Crippen molar-refractivity contribution in [2.24, 2.45) is 0 Å². The SMILES string of the molecule is CS(=O)(=O)N1CCc2cc(C(=O)NNC(=O)CN3CCCCCC3=O)ccc21. The number of carbonyl (C=O) groups is 3. The highest BCUT2D eigenvalue weighted by Gasteiger charge is 2.27. The number of benzene rings is 1. The van der Waals surface area contributed by atoms with Crippen LogP contribution in [-0.2, 0) is 26.0 Å². The summed E-state index contributed by atoms with van der Waals surface area (Å²) in [7, 11) is -3.35. The van der Waals surface area contributed by atoms with Gasteiger partial charge in [-0.05, 0) is 43.0 Å². The van der Waals surface area contributed by atoms with E-state index in [-0.39, 0.29) is 12.5 Å². The summed E-state index contributed by atoms with van der Waals surface area (Å²) in [5.41, 5.74) is 6.33. The summed E-state index contributed by atoms with van der Waals surface area (Å²) in [5, 5.41) is 0. The third kappa shape index (κ3) is 4.61. The molecule has 28 heavy (non-hydrogen) atoms. The second kappa shape index (κ2) is 8.17. The summed E-state index contributed by atoms with van der Waals surface area (Å²) >= 11 is 0. The average molecular weight is 408 g/mol. The summed E-state index contributed by atoms with van der Waals surface area (Å²) in [6.45, 7) is 0.800. The third-order valence-corrected chi connectivity index (χ3v) is 6.10. The first-order valence-electron chi connectivity index (χ1n) is 9.23. The largest absolute Gasteiger partial charge is 0.333 e. The molecule has 9 nitrogen and oxygen atoms in total. The predicted octanol–water partition coefficient (Wildman–Crippen LogP) is 0.172. The first-order chi connectivity index (χ1) is 13.3. The van der Waals surface area contributed by atoms with Crippen LogP contribution in [0.1, 0.15) is 41.6 Å². The molecule has 3 amide bonds. The van der Waals surface area contributed by atoms with Gasteiger partial charge in [0.2, 0.25) is 15.9 Å². The van der Waals surface area contributed by atoms with Gasteiger partial charge in [0.25, 0.3) is 11.8 Å². The van der Waals surface area contributed by atoms with Crippen molar-refractivity contribution in [3.8, 4) is 0 Å². The number of nitrogens with zero attached hydrogens (tertiary/aromatic N) is 2. The number of hydrogen-bond donors (Lipinski definition) is 2. The zero-order valence-corrected chi connectivity index (χ0v) is 16.5. The molecule has 0 radical (unpaired) electrons. The van der Waals surface area contributed by atoms with Gasteiger partial charge in [0, 0.05) is 25.1 Å². The Morgan fingerprint density at radius 1 is 1.07 bits per heavy atom. The van der Waals surface area contributed by atoms with E-state index in [2.05, 4.69) is 10.9 Å². The Morgan fingerprint density at radius 2 is 1.86 bits per heavy atom. The highest BCUT2D eigenvalue weighted by molar-refractivity contribution is 7.92. The standard InChI is InChI=1S/C18H24N4O5S/c1-28(26,27)22-10-8-13-11-14(6-7-15(13)22)18(25)20-19-16(23)12-21-9-4-2-3-5-17(21)24/h6-7,11H,2-5,8-10,12H2,1H3,(H,19,23)(H,20,25). The van der Waals surface area contributed by atoms with Crippen molar-refractivity contribution >= 4 is 33.4 Å². The minimum Gasteiger partial charge on any atom is -0.333 e. The Bertz CT molecular complexity index is 899. The van der Waals surface area contributed by atoms with Gasteiger partial charge in [0.1, 0.15) is 6.54 Å². The van der Waals surface area contributed by atoms with Crippen molar-refractivity contribution in [3.63, 3.8) is 0 Å². The van der Waals surface area contributed by atoms with Crippen LogP contribution in [0, 0.1) is 0 Å². The molecule has 1 fully saturated rings. The van der Waals surface area contributed by atoms with E-state index in [1.54, 1.807) is 12.1 Å². The van der Waals surface area contributed by atoms with Crippen LogP contribution in [0.25, 0.3) is 0 Å². The number of hydrogen-bond acceptors (Lipinski definition) is 5. The summed E-state index contributed by atoms with van der Waals surface area (Å²) in [4.78, 5) is 37.8.